The number of piperidine rings is 1. The summed E-state index contributed by atoms with van der Waals surface area (Å²) in [6, 6.07) is 3.24. The lowest BCUT2D eigenvalue weighted by Crippen LogP contribution is -2.47. The number of urea groups is 1. The molecule has 1 aromatic rings. The van der Waals surface area contributed by atoms with Gasteiger partial charge in [-0.05, 0) is 50.9 Å². The van der Waals surface area contributed by atoms with Gasteiger partial charge in [-0.3, -0.25) is 19.8 Å². The van der Waals surface area contributed by atoms with Crippen molar-refractivity contribution in [2.24, 2.45) is 5.92 Å². The Bertz CT molecular complexity index is 639. The molecule has 0 bridgehead atoms. The average Bonchev–Trinajstić information content (AvgIpc) is 2.64. The maximum atomic E-state index is 12.4. The molecule has 1 aliphatic rings. The maximum absolute atomic E-state index is 12.4. The van der Waals surface area contributed by atoms with E-state index in [1.54, 1.807) is 12.3 Å². The van der Waals surface area contributed by atoms with E-state index in [2.05, 4.69) is 20.9 Å². The molecule has 0 saturated carbocycles. The maximum Gasteiger partial charge on any atom is 0.321 e. The van der Waals surface area contributed by atoms with Gasteiger partial charge in [-0.15, -0.1) is 0 Å². The van der Waals surface area contributed by atoms with Crippen molar-refractivity contribution in [1.29, 1.82) is 0 Å². The monoisotopic (exact) mass is 375 g/mol. The molecule has 0 atom stereocenters. The minimum absolute atomic E-state index is 0.0363. The van der Waals surface area contributed by atoms with E-state index < -0.39 is 6.03 Å². The van der Waals surface area contributed by atoms with Gasteiger partial charge in [0.25, 0.3) is 0 Å². The van der Waals surface area contributed by atoms with Crippen molar-refractivity contribution in [1.82, 2.24) is 20.5 Å². The summed E-state index contributed by atoms with van der Waals surface area (Å²) in [5.41, 5.74) is 1.04. The van der Waals surface area contributed by atoms with Gasteiger partial charge in [0.05, 0.1) is 6.54 Å². The van der Waals surface area contributed by atoms with Crippen molar-refractivity contribution in [3.05, 3.63) is 23.9 Å². The first kappa shape index (κ1) is 20.8. The Labute approximate surface area is 160 Å². The van der Waals surface area contributed by atoms with Gasteiger partial charge < -0.3 is 10.6 Å². The summed E-state index contributed by atoms with van der Waals surface area (Å²) < 4.78 is 0. The number of rotatable bonds is 7. The molecule has 3 N–H and O–H groups in total. The van der Waals surface area contributed by atoms with E-state index in [-0.39, 0.29) is 24.3 Å². The number of likely N-dealkylation sites (tertiary alicyclic amines) is 1. The highest BCUT2D eigenvalue weighted by Gasteiger charge is 2.26. The molecular weight excluding hydrogens is 346 g/mol. The van der Waals surface area contributed by atoms with Crippen molar-refractivity contribution in [2.45, 2.75) is 39.5 Å². The fourth-order valence-corrected chi connectivity index (χ4v) is 2.92. The lowest BCUT2D eigenvalue weighted by atomic mass is 9.96. The molecule has 2 rings (SSSR count). The number of carbonyl (C=O) groups excluding carboxylic acids is 3. The SMILES string of the molecule is CCCCNC(=O)NC(=O)CN1CCC(C(=O)Nc2ccc(C)cn2)CC1. The van der Waals surface area contributed by atoms with Gasteiger partial charge in [-0.2, -0.15) is 0 Å². The van der Waals surface area contributed by atoms with Crippen LogP contribution < -0.4 is 16.0 Å². The van der Waals surface area contributed by atoms with E-state index >= 15 is 0 Å². The first-order valence-corrected chi connectivity index (χ1v) is 9.51. The van der Waals surface area contributed by atoms with Gasteiger partial charge in [0.2, 0.25) is 11.8 Å². The van der Waals surface area contributed by atoms with Crippen LogP contribution in [-0.4, -0.2) is 53.9 Å². The van der Waals surface area contributed by atoms with Gasteiger partial charge >= 0.3 is 6.03 Å². The molecule has 8 nitrogen and oxygen atoms in total. The highest BCUT2D eigenvalue weighted by atomic mass is 16.2. The summed E-state index contributed by atoms with van der Waals surface area (Å²) in [6.07, 6.45) is 4.93. The van der Waals surface area contributed by atoms with E-state index in [0.29, 0.717) is 38.3 Å². The Hall–Kier alpha value is -2.48. The minimum atomic E-state index is -0.451. The van der Waals surface area contributed by atoms with Gasteiger partial charge in [0.1, 0.15) is 5.82 Å². The summed E-state index contributed by atoms with van der Waals surface area (Å²) >= 11 is 0. The number of imide groups is 1. The van der Waals surface area contributed by atoms with Gasteiger partial charge in [0.15, 0.2) is 0 Å². The number of hydrogen-bond donors (Lipinski definition) is 3. The summed E-state index contributed by atoms with van der Waals surface area (Å²) in [7, 11) is 0. The Morgan fingerprint density at radius 3 is 2.59 bits per heavy atom. The van der Waals surface area contributed by atoms with Crippen LogP contribution in [0, 0.1) is 12.8 Å². The predicted molar refractivity (Wildman–Crippen MR) is 103 cm³/mol. The first-order valence-electron chi connectivity index (χ1n) is 9.51. The standard InChI is InChI=1S/C19H29N5O3/c1-3-4-9-20-19(27)23-17(25)13-24-10-7-15(8-11-24)18(26)22-16-6-5-14(2)12-21-16/h5-6,12,15H,3-4,7-11,13H2,1-2H3,(H,21,22,26)(H2,20,23,25,27). The van der Waals surface area contributed by atoms with Crippen LogP contribution in [0.2, 0.25) is 0 Å². The van der Waals surface area contributed by atoms with Gasteiger partial charge in [-0.25, -0.2) is 9.78 Å². The zero-order valence-corrected chi connectivity index (χ0v) is 16.1. The Morgan fingerprint density at radius 1 is 1.22 bits per heavy atom. The van der Waals surface area contributed by atoms with Crippen molar-refractivity contribution < 1.29 is 14.4 Å². The van der Waals surface area contributed by atoms with Crippen molar-refractivity contribution in [2.75, 3.05) is 31.5 Å². The van der Waals surface area contributed by atoms with Crippen LogP contribution in [-0.2, 0) is 9.59 Å². The van der Waals surface area contributed by atoms with Crippen LogP contribution in [0.15, 0.2) is 18.3 Å². The normalized spacial score (nSPS) is 15.2. The quantitative estimate of drug-likeness (QED) is 0.629. The van der Waals surface area contributed by atoms with Crippen LogP contribution >= 0.6 is 0 Å². The Morgan fingerprint density at radius 2 is 1.96 bits per heavy atom. The second-order valence-corrected chi connectivity index (χ2v) is 6.92. The molecule has 0 spiro atoms. The molecule has 0 radical (unpaired) electrons. The highest BCUT2D eigenvalue weighted by Crippen LogP contribution is 2.18. The van der Waals surface area contributed by atoms with Crippen LogP contribution in [0.4, 0.5) is 10.6 Å². The molecule has 2 heterocycles. The van der Waals surface area contributed by atoms with Crippen LogP contribution in [0.25, 0.3) is 0 Å². The van der Waals surface area contributed by atoms with Crippen LogP contribution in [0.3, 0.4) is 0 Å². The molecule has 1 aromatic heterocycles. The number of anilines is 1. The molecule has 148 valence electrons. The molecule has 27 heavy (non-hydrogen) atoms. The second kappa shape index (κ2) is 10.6. The summed E-state index contributed by atoms with van der Waals surface area (Å²) in [6.45, 7) is 5.99. The average molecular weight is 375 g/mol. The van der Waals surface area contributed by atoms with Crippen molar-refractivity contribution >= 4 is 23.7 Å². The molecule has 8 heteroatoms. The number of carbonyl (C=O) groups is 3. The third-order valence-corrected chi connectivity index (χ3v) is 4.56. The summed E-state index contributed by atoms with van der Waals surface area (Å²) in [4.78, 5) is 42.0. The molecule has 4 amide bonds. The third-order valence-electron chi connectivity index (χ3n) is 4.56. The van der Waals surface area contributed by atoms with E-state index in [9.17, 15) is 14.4 Å². The highest BCUT2D eigenvalue weighted by molar-refractivity contribution is 5.95. The lowest BCUT2D eigenvalue weighted by molar-refractivity contribution is -0.122. The number of nitrogens with one attached hydrogen (secondary N) is 3. The molecular formula is C19H29N5O3. The van der Waals surface area contributed by atoms with Crippen molar-refractivity contribution in [3.8, 4) is 0 Å². The van der Waals surface area contributed by atoms with Gasteiger partial charge in [0, 0.05) is 18.7 Å². The minimum Gasteiger partial charge on any atom is -0.338 e. The topological polar surface area (TPSA) is 103 Å². The van der Waals surface area contributed by atoms with Crippen LogP contribution in [0.1, 0.15) is 38.2 Å². The third kappa shape index (κ3) is 7.34. The fourth-order valence-electron chi connectivity index (χ4n) is 2.92. The Kier molecular flexibility index (Phi) is 8.19. The molecule has 1 saturated heterocycles. The molecule has 0 aliphatic carbocycles. The lowest BCUT2D eigenvalue weighted by Gasteiger charge is -2.30. The smallest absolute Gasteiger partial charge is 0.321 e. The number of aryl methyl sites for hydroxylation is 1. The number of unbranched alkanes of at least 4 members (excludes halogenated alkanes) is 1. The molecule has 0 unspecified atom stereocenters. The number of amides is 4. The molecule has 1 fully saturated rings. The van der Waals surface area contributed by atoms with E-state index in [4.69, 9.17) is 0 Å². The van der Waals surface area contributed by atoms with E-state index in [1.807, 2.05) is 24.8 Å². The summed E-state index contributed by atoms with van der Waals surface area (Å²) in [5, 5.41) is 7.84. The second-order valence-electron chi connectivity index (χ2n) is 6.92. The number of nitrogens with zero attached hydrogens (tertiary/aromatic N) is 2. The fraction of sp³-hybridized carbons (Fsp3) is 0.579. The number of hydrogen-bond acceptors (Lipinski definition) is 5. The van der Waals surface area contributed by atoms with Crippen molar-refractivity contribution in [3.63, 3.8) is 0 Å². The predicted octanol–water partition coefficient (Wildman–Crippen LogP) is 1.67. The van der Waals surface area contributed by atoms with Gasteiger partial charge in [-0.1, -0.05) is 19.4 Å². The first-order chi connectivity index (χ1) is 13.0. The summed E-state index contributed by atoms with van der Waals surface area (Å²) in [5.74, 6) is 0.104. The zero-order valence-electron chi connectivity index (χ0n) is 16.1. The van der Waals surface area contributed by atoms with Crippen LogP contribution in [0.5, 0.6) is 0 Å². The van der Waals surface area contributed by atoms with E-state index in [1.165, 1.54) is 0 Å². The zero-order chi connectivity index (χ0) is 19.6. The molecule has 0 aromatic carbocycles. The Balaban J connectivity index is 1.68. The van der Waals surface area contributed by atoms with E-state index in [0.717, 1.165) is 18.4 Å². The number of aromatic nitrogens is 1. The largest absolute Gasteiger partial charge is 0.338 e. The number of pyridine rings is 1. The molecule has 1 aliphatic heterocycles.